The van der Waals surface area contributed by atoms with Crippen molar-refractivity contribution in [1.82, 2.24) is 0 Å². The molecular formula is C9H16Cl2N2O. The van der Waals surface area contributed by atoms with E-state index in [1.165, 1.54) is 12.6 Å². The second kappa shape index (κ2) is 10.8. The van der Waals surface area contributed by atoms with E-state index in [9.17, 15) is 0 Å². The molecular weight excluding hydrogens is 223 g/mol. The molecule has 0 atom stereocenters. The number of nitrogens with two attached hydrogens (primary N) is 2. The summed E-state index contributed by atoms with van der Waals surface area (Å²) in [6, 6.07) is 5.59. The van der Waals surface area contributed by atoms with Gasteiger partial charge in [0.1, 0.15) is 0 Å². The zero-order valence-electron chi connectivity index (χ0n) is 8.30. The van der Waals surface area contributed by atoms with Crippen LogP contribution in [0.1, 0.15) is 12.5 Å². The third-order valence-corrected chi connectivity index (χ3v) is 1.77. The van der Waals surface area contributed by atoms with Gasteiger partial charge in [-0.2, -0.15) is 0 Å². The van der Waals surface area contributed by atoms with Gasteiger partial charge in [-0.3, -0.25) is 0 Å². The molecule has 5 N–H and O–H groups in total. The summed E-state index contributed by atoms with van der Waals surface area (Å²) in [6.07, 6.45) is 0.972. The predicted octanol–water partition coefficient (Wildman–Crippen LogP) is 2.46. The highest BCUT2D eigenvalue weighted by Gasteiger charge is 1.94. The molecule has 0 saturated heterocycles. The first-order chi connectivity index (χ1) is 6.72. The monoisotopic (exact) mass is 238 g/mol. The van der Waals surface area contributed by atoms with E-state index in [4.69, 9.17) is 28.4 Å². The van der Waals surface area contributed by atoms with E-state index in [1.54, 1.807) is 6.07 Å². The van der Waals surface area contributed by atoms with E-state index >= 15 is 0 Å². The van der Waals surface area contributed by atoms with Crippen LogP contribution in [-0.4, -0.2) is 12.3 Å². The van der Waals surface area contributed by atoms with Gasteiger partial charge in [-0.15, -0.1) is 0 Å². The quantitative estimate of drug-likeness (QED) is 0.659. The normalized spacial score (nSPS) is 7.93. The number of rotatable bonds is 1. The van der Waals surface area contributed by atoms with Crippen molar-refractivity contribution in [3.8, 4) is 0 Å². The Labute approximate surface area is 94.6 Å². The summed E-state index contributed by atoms with van der Waals surface area (Å²) in [6.45, 7) is 2.07. The van der Waals surface area contributed by atoms with E-state index in [0.717, 1.165) is 6.42 Å². The van der Waals surface area contributed by atoms with Crippen LogP contribution in [0.4, 0.5) is 0 Å². The highest BCUT2D eigenvalue weighted by Crippen LogP contribution is 2.18. The van der Waals surface area contributed by atoms with Crippen LogP contribution in [-0.2, 0) is 6.42 Å². The molecule has 82 valence electrons. The summed E-state index contributed by atoms with van der Waals surface area (Å²) < 4.78 is 0. The van der Waals surface area contributed by atoms with E-state index < -0.39 is 0 Å². The standard InChI is InChI=1S/C8H8Cl2.CH5N.H3NO/c1-2-6-3-7(9)5-8(10)4-6;2*1-2/h3-5H,2H2,1H3;2H2,1H3;2H,1H2. The topological polar surface area (TPSA) is 72.3 Å². The van der Waals surface area contributed by atoms with Gasteiger partial charge in [0.2, 0.25) is 0 Å². The zero-order chi connectivity index (χ0) is 11.6. The van der Waals surface area contributed by atoms with Crippen molar-refractivity contribution >= 4 is 23.2 Å². The van der Waals surface area contributed by atoms with Gasteiger partial charge in [-0.25, -0.2) is 5.90 Å². The molecule has 0 fully saturated rings. The van der Waals surface area contributed by atoms with Crippen LogP contribution >= 0.6 is 23.2 Å². The molecule has 0 amide bonds. The van der Waals surface area contributed by atoms with Crippen molar-refractivity contribution in [3.05, 3.63) is 33.8 Å². The Kier molecular flexibility index (Phi) is 12.4. The van der Waals surface area contributed by atoms with Crippen molar-refractivity contribution in [3.63, 3.8) is 0 Å². The average Bonchev–Trinajstić information content (AvgIpc) is 2.22. The SMILES string of the molecule is CCc1cc(Cl)cc(Cl)c1.CN.NO. The molecule has 0 aliphatic rings. The van der Waals surface area contributed by atoms with Gasteiger partial charge in [0.25, 0.3) is 0 Å². The van der Waals surface area contributed by atoms with Crippen LogP contribution in [0.2, 0.25) is 10.0 Å². The first-order valence-electron chi connectivity index (χ1n) is 4.01. The second-order valence-electron chi connectivity index (χ2n) is 2.13. The Hall–Kier alpha value is -0.320. The number of benzene rings is 1. The van der Waals surface area contributed by atoms with Gasteiger partial charge in [-0.1, -0.05) is 30.1 Å². The van der Waals surface area contributed by atoms with Crippen LogP contribution in [0.3, 0.4) is 0 Å². The fraction of sp³-hybridized carbons (Fsp3) is 0.333. The van der Waals surface area contributed by atoms with Crippen molar-refractivity contribution in [2.75, 3.05) is 7.05 Å². The molecule has 5 heteroatoms. The van der Waals surface area contributed by atoms with Crippen LogP contribution in [0.15, 0.2) is 18.2 Å². The third kappa shape index (κ3) is 7.12. The summed E-state index contributed by atoms with van der Waals surface area (Å²) >= 11 is 11.5. The molecule has 0 unspecified atom stereocenters. The van der Waals surface area contributed by atoms with Crippen molar-refractivity contribution < 1.29 is 5.21 Å². The van der Waals surface area contributed by atoms with Crippen LogP contribution in [0.25, 0.3) is 0 Å². The van der Waals surface area contributed by atoms with E-state index in [-0.39, 0.29) is 0 Å². The lowest BCUT2D eigenvalue weighted by atomic mass is 10.2. The summed E-state index contributed by atoms with van der Waals surface area (Å²) in [5.41, 5.74) is 5.68. The lowest BCUT2D eigenvalue weighted by molar-refractivity contribution is 0.311. The lowest BCUT2D eigenvalue weighted by Crippen LogP contribution is -1.78. The summed E-state index contributed by atoms with van der Waals surface area (Å²) in [7, 11) is 1.50. The van der Waals surface area contributed by atoms with Crippen LogP contribution in [0.5, 0.6) is 0 Å². The van der Waals surface area contributed by atoms with Gasteiger partial charge in [-0.05, 0) is 37.2 Å². The van der Waals surface area contributed by atoms with Crippen molar-refractivity contribution in [1.29, 1.82) is 0 Å². The Morgan fingerprint density at radius 1 is 1.07 bits per heavy atom. The Morgan fingerprint density at radius 2 is 1.43 bits per heavy atom. The van der Waals surface area contributed by atoms with Crippen molar-refractivity contribution in [2.45, 2.75) is 13.3 Å². The van der Waals surface area contributed by atoms with Gasteiger partial charge < -0.3 is 10.9 Å². The fourth-order valence-electron chi connectivity index (χ4n) is 0.815. The minimum Gasteiger partial charge on any atom is -0.333 e. The van der Waals surface area contributed by atoms with Gasteiger partial charge in [0.05, 0.1) is 0 Å². The van der Waals surface area contributed by atoms with Gasteiger partial charge in [0.15, 0.2) is 0 Å². The summed E-state index contributed by atoms with van der Waals surface area (Å²) in [5.74, 6) is 3.50. The summed E-state index contributed by atoms with van der Waals surface area (Å²) in [5, 5.41) is 7.92. The molecule has 0 heterocycles. The number of hydrogen-bond acceptors (Lipinski definition) is 3. The van der Waals surface area contributed by atoms with Crippen LogP contribution < -0.4 is 11.6 Å². The molecule has 1 aromatic carbocycles. The Morgan fingerprint density at radius 3 is 1.71 bits per heavy atom. The minimum absolute atomic E-state index is 0.712. The third-order valence-electron chi connectivity index (χ3n) is 1.33. The Balaban J connectivity index is 0. The molecule has 0 spiro atoms. The predicted molar refractivity (Wildman–Crippen MR) is 61.9 cm³/mol. The maximum atomic E-state index is 6.50. The Bertz CT molecular complexity index is 224. The van der Waals surface area contributed by atoms with Gasteiger partial charge in [0, 0.05) is 10.0 Å². The highest BCUT2D eigenvalue weighted by atomic mass is 35.5. The molecule has 0 bridgehead atoms. The molecule has 0 saturated carbocycles. The molecule has 0 aromatic heterocycles. The molecule has 3 nitrogen and oxygen atoms in total. The average molecular weight is 239 g/mol. The number of halogens is 2. The molecule has 1 rings (SSSR count). The first kappa shape index (κ1) is 16.1. The molecule has 0 aliphatic carbocycles. The second-order valence-corrected chi connectivity index (χ2v) is 3.00. The lowest BCUT2D eigenvalue weighted by Gasteiger charge is -1.97. The van der Waals surface area contributed by atoms with Gasteiger partial charge >= 0.3 is 0 Å². The summed E-state index contributed by atoms with van der Waals surface area (Å²) in [4.78, 5) is 0. The number of hydrogen-bond donors (Lipinski definition) is 3. The number of aryl methyl sites for hydroxylation is 1. The fourth-order valence-corrected chi connectivity index (χ4v) is 1.39. The molecule has 14 heavy (non-hydrogen) atoms. The van der Waals surface area contributed by atoms with Crippen molar-refractivity contribution in [2.24, 2.45) is 11.6 Å². The largest absolute Gasteiger partial charge is 0.333 e. The first-order valence-corrected chi connectivity index (χ1v) is 4.76. The smallest absolute Gasteiger partial charge is 0.0423 e. The molecule has 1 aromatic rings. The maximum Gasteiger partial charge on any atom is 0.0423 e. The molecule has 0 aliphatic heterocycles. The highest BCUT2D eigenvalue weighted by molar-refractivity contribution is 6.34. The maximum absolute atomic E-state index is 6.50. The molecule has 0 radical (unpaired) electrons. The van der Waals surface area contributed by atoms with E-state index in [0.29, 0.717) is 10.0 Å². The van der Waals surface area contributed by atoms with E-state index in [1.807, 2.05) is 12.1 Å². The van der Waals surface area contributed by atoms with E-state index in [2.05, 4.69) is 18.6 Å². The minimum atomic E-state index is 0.712. The van der Waals surface area contributed by atoms with Crippen LogP contribution in [0, 0.1) is 0 Å². The zero-order valence-corrected chi connectivity index (χ0v) is 9.81.